The van der Waals surface area contributed by atoms with Gasteiger partial charge in [0.15, 0.2) is 18.0 Å². The van der Waals surface area contributed by atoms with E-state index in [2.05, 4.69) is 10.2 Å². The van der Waals surface area contributed by atoms with Crippen LogP contribution in [0.15, 0.2) is 58.8 Å². The van der Waals surface area contributed by atoms with Crippen LogP contribution in [0.1, 0.15) is 0 Å². The van der Waals surface area contributed by atoms with Gasteiger partial charge in [-0.05, 0) is 12.1 Å². The first-order chi connectivity index (χ1) is 12.5. The van der Waals surface area contributed by atoms with Gasteiger partial charge in [-0.1, -0.05) is 30.3 Å². The van der Waals surface area contributed by atoms with E-state index >= 15 is 0 Å². The Labute approximate surface area is 147 Å². The summed E-state index contributed by atoms with van der Waals surface area (Å²) in [5, 5.41) is 29.0. The molecule has 0 atom stereocenters. The molecule has 132 valence electrons. The number of carbonyl (C=O) groups excluding carboxylic acids is 1. The van der Waals surface area contributed by atoms with Crippen LogP contribution in [0, 0.1) is 10.1 Å². The number of hydrogen-bond donors (Lipinski definition) is 1. The van der Waals surface area contributed by atoms with Gasteiger partial charge in [-0.3, -0.25) is 14.9 Å². The lowest BCUT2D eigenvalue weighted by molar-refractivity contribution is -0.385. The molecule has 2 aromatic carbocycles. The zero-order valence-corrected chi connectivity index (χ0v) is 13.7. The predicted molar refractivity (Wildman–Crippen MR) is 92.7 cm³/mol. The molecule has 9 heteroatoms. The number of aromatic hydroxyl groups is 1. The molecular formula is C17H14N4O5. The molecular weight excluding hydrogens is 340 g/mol. The second-order valence-electron chi connectivity index (χ2n) is 5.36. The average molecular weight is 354 g/mol. The van der Waals surface area contributed by atoms with Crippen LogP contribution in [0.3, 0.4) is 0 Å². The van der Waals surface area contributed by atoms with Crippen molar-refractivity contribution in [2.24, 2.45) is 17.3 Å². The molecule has 26 heavy (non-hydrogen) atoms. The number of rotatable bonds is 5. The Morgan fingerprint density at radius 2 is 1.92 bits per heavy atom. The van der Waals surface area contributed by atoms with E-state index < -0.39 is 17.4 Å². The maximum atomic E-state index is 11.9. The lowest BCUT2D eigenvalue weighted by Crippen LogP contribution is -2.09. The van der Waals surface area contributed by atoms with Crippen molar-refractivity contribution < 1.29 is 19.6 Å². The maximum absolute atomic E-state index is 11.9. The average Bonchev–Trinajstić information content (AvgIpc) is 2.89. The van der Waals surface area contributed by atoms with E-state index in [1.807, 2.05) is 6.07 Å². The molecule has 9 nitrogen and oxygen atoms in total. The molecule has 1 N–H and O–H groups in total. The van der Waals surface area contributed by atoms with Crippen LogP contribution in [0.25, 0.3) is 10.9 Å². The Bertz CT molecular complexity index is 1030. The van der Waals surface area contributed by atoms with E-state index in [9.17, 15) is 20.0 Å². The van der Waals surface area contributed by atoms with Crippen LogP contribution >= 0.6 is 0 Å². The van der Waals surface area contributed by atoms with Crippen LogP contribution in [-0.2, 0) is 11.8 Å². The molecule has 3 rings (SSSR count). The SMILES string of the molecule is Cn1c(O)c(N=NC(=O)COc2ccccc2[N+](=O)[O-])c2ccccc21. The summed E-state index contributed by atoms with van der Waals surface area (Å²) in [4.78, 5) is 22.2. The van der Waals surface area contributed by atoms with Crippen LogP contribution < -0.4 is 4.74 Å². The monoisotopic (exact) mass is 354 g/mol. The van der Waals surface area contributed by atoms with Crippen molar-refractivity contribution in [2.75, 3.05) is 6.61 Å². The second kappa shape index (κ2) is 7.01. The van der Waals surface area contributed by atoms with Gasteiger partial charge in [0.1, 0.15) is 0 Å². The minimum absolute atomic E-state index is 0.0333. The molecule has 1 amide bonds. The van der Waals surface area contributed by atoms with Gasteiger partial charge in [-0.25, -0.2) is 0 Å². The predicted octanol–water partition coefficient (Wildman–Crippen LogP) is 3.48. The molecule has 1 aromatic heterocycles. The number of para-hydroxylation sites is 3. The van der Waals surface area contributed by atoms with E-state index in [0.717, 1.165) is 5.52 Å². The highest BCUT2D eigenvalue weighted by molar-refractivity contribution is 5.95. The van der Waals surface area contributed by atoms with E-state index in [1.165, 1.54) is 22.8 Å². The van der Waals surface area contributed by atoms with Crippen LogP contribution in [0.5, 0.6) is 11.6 Å². The Hall–Kier alpha value is -3.75. The van der Waals surface area contributed by atoms with Gasteiger partial charge in [0, 0.05) is 18.5 Å². The number of azo groups is 1. The number of hydrogen-bond acceptors (Lipinski definition) is 6. The zero-order valence-electron chi connectivity index (χ0n) is 13.7. The Morgan fingerprint density at radius 3 is 2.69 bits per heavy atom. The zero-order chi connectivity index (χ0) is 18.7. The van der Waals surface area contributed by atoms with Gasteiger partial charge in [0.05, 0.1) is 10.4 Å². The van der Waals surface area contributed by atoms with Gasteiger partial charge in [-0.15, -0.1) is 10.2 Å². The summed E-state index contributed by atoms with van der Waals surface area (Å²) in [6, 6.07) is 12.9. The molecule has 0 unspecified atom stereocenters. The molecule has 0 aliphatic heterocycles. The van der Waals surface area contributed by atoms with Crippen molar-refractivity contribution in [3.05, 3.63) is 58.6 Å². The number of aryl methyl sites for hydroxylation is 1. The second-order valence-corrected chi connectivity index (χ2v) is 5.36. The number of aromatic nitrogens is 1. The molecule has 0 bridgehead atoms. The summed E-state index contributed by atoms with van der Waals surface area (Å²) >= 11 is 0. The third-order valence-corrected chi connectivity index (χ3v) is 3.72. The third-order valence-electron chi connectivity index (χ3n) is 3.72. The van der Waals surface area contributed by atoms with Crippen molar-refractivity contribution in [1.82, 2.24) is 4.57 Å². The van der Waals surface area contributed by atoms with Crippen molar-refractivity contribution in [3.63, 3.8) is 0 Å². The third kappa shape index (κ3) is 3.22. The highest BCUT2D eigenvalue weighted by Gasteiger charge is 2.16. The largest absolute Gasteiger partial charge is 0.493 e. The van der Waals surface area contributed by atoms with Gasteiger partial charge in [0.25, 0.3) is 0 Å². The van der Waals surface area contributed by atoms with Gasteiger partial charge < -0.3 is 14.4 Å². The van der Waals surface area contributed by atoms with Crippen molar-refractivity contribution >= 4 is 28.2 Å². The lowest BCUT2D eigenvalue weighted by Gasteiger charge is -2.03. The molecule has 1 heterocycles. The topological polar surface area (TPSA) is 119 Å². The Kier molecular flexibility index (Phi) is 4.61. The highest BCUT2D eigenvalue weighted by Crippen LogP contribution is 2.37. The van der Waals surface area contributed by atoms with E-state index in [4.69, 9.17) is 4.74 Å². The number of carbonyl (C=O) groups is 1. The van der Waals surface area contributed by atoms with Gasteiger partial charge in [-0.2, -0.15) is 0 Å². The molecule has 0 saturated carbocycles. The number of fused-ring (bicyclic) bond motifs is 1. The summed E-state index contributed by atoms with van der Waals surface area (Å²) in [6.07, 6.45) is 0. The molecule has 0 fully saturated rings. The fraction of sp³-hybridized carbons (Fsp3) is 0.118. The van der Waals surface area contributed by atoms with Crippen LogP contribution in [0.4, 0.5) is 11.4 Å². The number of ether oxygens (including phenoxy) is 1. The first kappa shape index (κ1) is 17.1. The van der Waals surface area contributed by atoms with Crippen molar-refractivity contribution in [1.29, 1.82) is 0 Å². The van der Waals surface area contributed by atoms with Crippen LogP contribution in [0.2, 0.25) is 0 Å². The molecule has 0 saturated heterocycles. The van der Waals surface area contributed by atoms with E-state index in [1.54, 1.807) is 31.3 Å². The van der Waals surface area contributed by atoms with Crippen molar-refractivity contribution in [3.8, 4) is 11.6 Å². The summed E-state index contributed by atoms with van der Waals surface area (Å²) < 4.78 is 6.68. The summed E-state index contributed by atoms with van der Waals surface area (Å²) in [5.74, 6) is -0.896. The van der Waals surface area contributed by atoms with E-state index in [0.29, 0.717) is 5.39 Å². The summed E-state index contributed by atoms with van der Waals surface area (Å²) in [5.41, 5.74) is 0.661. The van der Waals surface area contributed by atoms with E-state index in [-0.39, 0.29) is 23.0 Å². The summed E-state index contributed by atoms with van der Waals surface area (Å²) in [7, 11) is 1.66. The van der Waals surface area contributed by atoms with Gasteiger partial charge >= 0.3 is 11.6 Å². The highest BCUT2D eigenvalue weighted by atomic mass is 16.6. The maximum Gasteiger partial charge on any atom is 0.310 e. The minimum atomic E-state index is -0.740. The Balaban J connectivity index is 1.76. The number of nitro groups is 1. The smallest absolute Gasteiger partial charge is 0.310 e. The molecule has 0 radical (unpaired) electrons. The van der Waals surface area contributed by atoms with Crippen LogP contribution in [-0.4, -0.2) is 27.1 Å². The number of nitro benzene ring substituents is 1. The minimum Gasteiger partial charge on any atom is -0.493 e. The first-order valence-electron chi connectivity index (χ1n) is 7.56. The normalized spacial score (nSPS) is 11.1. The fourth-order valence-electron chi connectivity index (χ4n) is 2.46. The number of benzene rings is 2. The number of nitrogens with zero attached hydrogens (tertiary/aromatic N) is 4. The van der Waals surface area contributed by atoms with Crippen molar-refractivity contribution in [2.45, 2.75) is 0 Å². The Morgan fingerprint density at radius 1 is 1.23 bits per heavy atom. The molecule has 0 aliphatic rings. The lowest BCUT2D eigenvalue weighted by atomic mass is 10.2. The quantitative estimate of drug-likeness (QED) is 0.427. The fourth-order valence-corrected chi connectivity index (χ4v) is 2.46. The first-order valence-corrected chi connectivity index (χ1v) is 7.56. The molecule has 0 aliphatic carbocycles. The summed E-state index contributed by atoms with van der Waals surface area (Å²) in [6.45, 7) is -0.514. The number of amides is 1. The standard InChI is InChI=1S/C17H14N4O5/c1-20-12-7-3-2-6-11(12)16(17(20)23)19-18-15(22)10-26-14-9-5-4-8-13(14)21(24)25/h2-9,23H,10H2,1H3. The van der Waals surface area contributed by atoms with Gasteiger partial charge in [0.2, 0.25) is 5.88 Å². The molecule has 0 spiro atoms. The molecule has 3 aromatic rings.